The molecule has 0 unspecified atom stereocenters. The van der Waals surface area contributed by atoms with Crippen molar-refractivity contribution in [3.63, 3.8) is 0 Å². The predicted octanol–water partition coefficient (Wildman–Crippen LogP) is 3.14. The second-order valence-electron chi connectivity index (χ2n) is 4.96. The third-order valence-electron chi connectivity index (χ3n) is 3.07. The highest BCUT2D eigenvalue weighted by Gasteiger charge is 2.20. The van der Waals surface area contributed by atoms with E-state index in [1.165, 1.54) is 4.90 Å². The minimum Gasteiger partial charge on any atom is -0.442 e. The third kappa shape index (κ3) is 4.70. The molecule has 1 aromatic rings. The van der Waals surface area contributed by atoms with Crippen LogP contribution in [-0.2, 0) is 4.74 Å². The van der Waals surface area contributed by atoms with Gasteiger partial charge in [-0.3, -0.25) is 0 Å². The molecule has 1 amide bonds. The summed E-state index contributed by atoms with van der Waals surface area (Å²) in [6.45, 7) is 5.87. The Labute approximate surface area is 120 Å². The van der Waals surface area contributed by atoms with Gasteiger partial charge >= 0.3 is 6.09 Å². The van der Waals surface area contributed by atoms with Crippen molar-refractivity contribution in [1.29, 1.82) is 0 Å². The van der Waals surface area contributed by atoms with Crippen LogP contribution >= 0.6 is 0 Å². The fourth-order valence-corrected chi connectivity index (χ4v) is 1.86. The Morgan fingerprint density at radius 2 is 1.95 bits per heavy atom. The highest BCUT2D eigenvalue weighted by atomic mass is 16.6. The quantitative estimate of drug-likeness (QED) is 0.813. The standard InChI is InChI=1S/C16H23NO3/c1-5-15(20-16(19)17(3)4)12(2)11-14(18)13-9-7-6-8-10-13/h6-10,14-15,18H,2,5,11H2,1,3-4H3/t14-,15-/m1/s1. The van der Waals surface area contributed by atoms with Gasteiger partial charge in [0.05, 0.1) is 6.10 Å². The van der Waals surface area contributed by atoms with Crippen molar-refractivity contribution in [3.05, 3.63) is 48.0 Å². The molecule has 0 saturated heterocycles. The molecule has 20 heavy (non-hydrogen) atoms. The van der Waals surface area contributed by atoms with Gasteiger partial charge in [0.1, 0.15) is 6.10 Å². The summed E-state index contributed by atoms with van der Waals surface area (Å²) >= 11 is 0. The lowest BCUT2D eigenvalue weighted by Gasteiger charge is -2.22. The van der Waals surface area contributed by atoms with E-state index in [2.05, 4.69) is 6.58 Å². The van der Waals surface area contributed by atoms with Crippen molar-refractivity contribution in [2.45, 2.75) is 32.0 Å². The number of nitrogens with zero attached hydrogens (tertiary/aromatic N) is 1. The van der Waals surface area contributed by atoms with Crippen molar-refractivity contribution < 1.29 is 14.6 Å². The van der Waals surface area contributed by atoms with Gasteiger partial charge in [-0.1, -0.05) is 43.8 Å². The van der Waals surface area contributed by atoms with Crippen LogP contribution in [0.4, 0.5) is 4.79 Å². The average Bonchev–Trinajstić information content (AvgIpc) is 2.44. The number of benzene rings is 1. The van der Waals surface area contributed by atoms with Crippen LogP contribution in [0.15, 0.2) is 42.5 Å². The molecule has 2 atom stereocenters. The summed E-state index contributed by atoms with van der Waals surface area (Å²) in [5.41, 5.74) is 1.56. The Hall–Kier alpha value is -1.81. The number of ether oxygens (including phenoxy) is 1. The van der Waals surface area contributed by atoms with Crippen LogP contribution in [-0.4, -0.2) is 36.3 Å². The topological polar surface area (TPSA) is 49.8 Å². The smallest absolute Gasteiger partial charge is 0.409 e. The number of aliphatic hydroxyl groups excluding tert-OH is 1. The van der Waals surface area contributed by atoms with E-state index in [0.717, 1.165) is 11.1 Å². The molecule has 1 aromatic carbocycles. The summed E-state index contributed by atoms with van der Waals surface area (Å²) in [7, 11) is 3.27. The van der Waals surface area contributed by atoms with Crippen molar-refractivity contribution in [2.75, 3.05) is 14.1 Å². The lowest BCUT2D eigenvalue weighted by atomic mass is 9.98. The lowest BCUT2D eigenvalue weighted by molar-refractivity contribution is 0.0814. The molecule has 0 spiro atoms. The van der Waals surface area contributed by atoms with Gasteiger partial charge in [0.2, 0.25) is 0 Å². The van der Waals surface area contributed by atoms with Crippen molar-refractivity contribution in [2.24, 2.45) is 0 Å². The molecule has 0 fully saturated rings. The van der Waals surface area contributed by atoms with Gasteiger partial charge in [0.15, 0.2) is 0 Å². The van der Waals surface area contributed by atoms with Gasteiger partial charge in [0.25, 0.3) is 0 Å². The molecule has 0 bridgehead atoms. The molecule has 0 heterocycles. The zero-order valence-electron chi connectivity index (χ0n) is 12.4. The summed E-state index contributed by atoms with van der Waals surface area (Å²) in [5.74, 6) is 0. The summed E-state index contributed by atoms with van der Waals surface area (Å²) in [4.78, 5) is 13.0. The van der Waals surface area contributed by atoms with Crippen LogP contribution in [0.2, 0.25) is 0 Å². The highest BCUT2D eigenvalue weighted by Crippen LogP contribution is 2.24. The molecule has 0 saturated carbocycles. The molecule has 0 aliphatic rings. The molecule has 110 valence electrons. The minimum atomic E-state index is -0.629. The fourth-order valence-electron chi connectivity index (χ4n) is 1.86. The zero-order chi connectivity index (χ0) is 15.1. The first kappa shape index (κ1) is 16.2. The Bertz CT molecular complexity index is 442. The van der Waals surface area contributed by atoms with E-state index in [1.807, 2.05) is 37.3 Å². The summed E-state index contributed by atoms with van der Waals surface area (Å²) in [6.07, 6.45) is -0.380. The van der Waals surface area contributed by atoms with Gasteiger partial charge in [-0.05, 0) is 17.6 Å². The van der Waals surface area contributed by atoms with Gasteiger partial charge in [-0.25, -0.2) is 4.79 Å². The van der Waals surface area contributed by atoms with Gasteiger partial charge in [-0.2, -0.15) is 0 Å². The number of hydrogen-bond donors (Lipinski definition) is 1. The van der Waals surface area contributed by atoms with Gasteiger partial charge < -0.3 is 14.7 Å². The number of rotatable bonds is 6. The van der Waals surface area contributed by atoms with Crippen LogP contribution in [0.5, 0.6) is 0 Å². The molecular weight excluding hydrogens is 254 g/mol. The summed E-state index contributed by atoms with van der Waals surface area (Å²) in [6, 6.07) is 9.39. The second kappa shape index (κ2) is 7.70. The minimum absolute atomic E-state index is 0.372. The summed E-state index contributed by atoms with van der Waals surface area (Å²) < 4.78 is 5.34. The SMILES string of the molecule is C=C(C[C@@H](O)c1ccccc1)[C@@H](CC)OC(=O)N(C)C. The molecule has 1 rings (SSSR count). The lowest BCUT2D eigenvalue weighted by Crippen LogP contribution is -2.29. The fraction of sp³-hybridized carbons (Fsp3) is 0.438. The second-order valence-corrected chi connectivity index (χ2v) is 4.96. The number of aliphatic hydroxyl groups is 1. The maximum atomic E-state index is 11.6. The first-order valence-electron chi connectivity index (χ1n) is 6.74. The maximum Gasteiger partial charge on any atom is 0.409 e. The predicted molar refractivity (Wildman–Crippen MR) is 79.4 cm³/mol. The van der Waals surface area contributed by atoms with E-state index in [4.69, 9.17) is 4.74 Å². The van der Waals surface area contributed by atoms with Crippen LogP contribution in [0, 0.1) is 0 Å². The van der Waals surface area contributed by atoms with Gasteiger partial charge in [-0.15, -0.1) is 0 Å². The normalized spacial score (nSPS) is 13.4. The van der Waals surface area contributed by atoms with Crippen LogP contribution < -0.4 is 0 Å². The number of amides is 1. The highest BCUT2D eigenvalue weighted by molar-refractivity contribution is 5.67. The maximum absolute atomic E-state index is 11.6. The van der Waals surface area contributed by atoms with Crippen LogP contribution in [0.25, 0.3) is 0 Å². The van der Waals surface area contributed by atoms with E-state index < -0.39 is 12.2 Å². The van der Waals surface area contributed by atoms with Crippen molar-refractivity contribution in [1.82, 2.24) is 4.90 Å². The molecule has 0 aliphatic carbocycles. The summed E-state index contributed by atoms with van der Waals surface area (Å²) in [5, 5.41) is 10.2. The molecule has 4 nitrogen and oxygen atoms in total. The van der Waals surface area contributed by atoms with E-state index in [9.17, 15) is 9.90 Å². The Morgan fingerprint density at radius 1 is 1.35 bits per heavy atom. The Balaban J connectivity index is 2.61. The van der Waals surface area contributed by atoms with Crippen molar-refractivity contribution in [3.8, 4) is 0 Å². The molecule has 0 radical (unpaired) electrons. The first-order valence-corrected chi connectivity index (χ1v) is 6.74. The molecule has 4 heteroatoms. The van der Waals surface area contributed by atoms with Crippen LogP contribution in [0.3, 0.4) is 0 Å². The average molecular weight is 277 g/mol. The molecule has 0 aliphatic heterocycles. The van der Waals surface area contributed by atoms with Gasteiger partial charge in [0, 0.05) is 20.5 Å². The molecule has 1 N–H and O–H groups in total. The van der Waals surface area contributed by atoms with Crippen LogP contribution in [0.1, 0.15) is 31.4 Å². The largest absolute Gasteiger partial charge is 0.442 e. The molecule has 0 aromatic heterocycles. The molecular formula is C16H23NO3. The monoisotopic (exact) mass is 277 g/mol. The van der Waals surface area contributed by atoms with E-state index in [1.54, 1.807) is 14.1 Å². The Kier molecular flexibility index (Phi) is 6.25. The van der Waals surface area contributed by atoms with Crippen molar-refractivity contribution >= 4 is 6.09 Å². The first-order chi connectivity index (χ1) is 9.45. The van der Waals surface area contributed by atoms with E-state index >= 15 is 0 Å². The Morgan fingerprint density at radius 3 is 2.45 bits per heavy atom. The van der Waals surface area contributed by atoms with E-state index in [0.29, 0.717) is 12.8 Å². The van der Waals surface area contributed by atoms with E-state index in [-0.39, 0.29) is 6.10 Å². The number of hydrogen-bond acceptors (Lipinski definition) is 3. The third-order valence-corrected chi connectivity index (χ3v) is 3.07. The number of carbonyl (C=O) groups is 1. The number of carbonyl (C=O) groups excluding carboxylic acids is 1. The zero-order valence-corrected chi connectivity index (χ0v) is 12.4.